The maximum atomic E-state index is 12.3. The topological polar surface area (TPSA) is 38.0 Å². The summed E-state index contributed by atoms with van der Waals surface area (Å²) in [6.45, 7) is 6.03. The van der Waals surface area contributed by atoms with Crippen molar-refractivity contribution >= 4 is 12.1 Å². The summed E-state index contributed by atoms with van der Waals surface area (Å²) in [6, 6.07) is 5.55. The van der Waals surface area contributed by atoms with Crippen LogP contribution in [0.3, 0.4) is 0 Å². The molecule has 0 aliphatic heterocycles. The van der Waals surface area contributed by atoms with Gasteiger partial charge in [-0.2, -0.15) is 3.89 Å². The van der Waals surface area contributed by atoms with Crippen LogP contribution in [-0.2, 0) is 6.54 Å². The summed E-state index contributed by atoms with van der Waals surface area (Å²) in [5.74, 6) is 0.437. The molecule has 0 saturated heterocycles. The van der Waals surface area contributed by atoms with Gasteiger partial charge in [-0.3, -0.25) is 0 Å². The van der Waals surface area contributed by atoms with Gasteiger partial charge in [0.1, 0.15) is 0 Å². The molecular formula is C10H13FN2S. The molecule has 1 rings (SSSR count). The van der Waals surface area contributed by atoms with Crippen molar-refractivity contribution < 1.29 is 3.89 Å². The highest BCUT2D eigenvalue weighted by molar-refractivity contribution is 7.94. The summed E-state index contributed by atoms with van der Waals surface area (Å²) in [6.07, 6.45) is 0. The van der Waals surface area contributed by atoms with Crippen LogP contribution in [0.2, 0.25) is 0 Å². The van der Waals surface area contributed by atoms with Gasteiger partial charge in [0.2, 0.25) is 0 Å². The molecule has 1 aromatic carbocycles. The Morgan fingerprint density at radius 3 is 2.86 bits per heavy atom. The third kappa shape index (κ3) is 2.96. The number of nitrogens with two attached hydrogens (primary N) is 1. The summed E-state index contributed by atoms with van der Waals surface area (Å²) < 4.78 is 12.3. The van der Waals surface area contributed by atoms with E-state index in [0.717, 1.165) is 11.1 Å². The lowest BCUT2D eigenvalue weighted by atomic mass is 10.1. The van der Waals surface area contributed by atoms with Crippen LogP contribution in [0.15, 0.2) is 35.5 Å². The highest BCUT2D eigenvalue weighted by atomic mass is 32.2. The lowest BCUT2D eigenvalue weighted by Gasteiger charge is -2.07. The maximum Gasteiger partial charge on any atom is 0.0888 e. The molecule has 2 nitrogen and oxygen atoms in total. The zero-order valence-electron chi connectivity index (χ0n) is 8.01. The van der Waals surface area contributed by atoms with E-state index >= 15 is 0 Å². The van der Waals surface area contributed by atoms with Crippen LogP contribution >= 0.6 is 12.1 Å². The fourth-order valence-corrected chi connectivity index (χ4v) is 1.42. The van der Waals surface area contributed by atoms with E-state index in [-0.39, 0.29) is 12.1 Å². The van der Waals surface area contributed by atoms with Gasteiger partial charge in [0, 0.05) is 11.4 Å². The molecule has 0 amide bonds. The second kappa shape index (κ2) is 4.91. The van der Waals surface area contributed by atoms with Gasteiger partial charge in [-0.05, 0) is 24.1 Å². The van der Waals surface area contributed by atoms with Crippen molar-refractivity contribution in [1.29, 1.82) is 0 Å². The first-order valence-electron chi connectivity index (χ1n) is 4.20. The van der Waals surface area contributed by atoms with Crippen molar-refractivity contribution in [2.75, 3.05) is 0 Å². The van der Waals surface area contributed by atoms with E-state index in [0.29, 0.717) is 17.3 Å². The van der Waals surface area contributed by atoms with E-state index in [1.54, 1.807) is 6.07 Å². The first kappa shape index (κ1) is 10.9. The molecule has 0 aliphatic rings. The first-order chi connectivity index (χ1) is 6.63. The van der Waals surface area contributed by atoms with Crippen LogP contribution in [0, 0.1) is 6.92 Å². The summed E-state index contributed by atoms with van der Waals surface area (Å²) in [7, 11) is 0. The normalized spacial score (nSPS) is 9.86. The molecule has 0 spiro atoms. The summed E-state index contributed by atoms with van der Waals surface area (Å²) in [4.78, 5) is 0.653. The Balaban J connectivity index is 2.71. The predicted molar refractivity (Wildman–Crippen MR) is 58.3 cm³/mol. The number of halogens is 1. The first-order valence-corrected chi connectivity index (χ1v) is 4.91. The monoisotopic (exact) mass is 212 g/mol. The van der Waals surface area contributed by atoms with Crippen molar-refractivity contribution in [2.24, 2.45) is 5.73 Å². The van der Waals surface area contributed by atoms with Crippen LogP contribution in [-0.4, -0.2) is 0 Å². The number of hydrogen-bond donors (Lipinski definition) is 2. The van der Waals surface area contributed by atoms with Crippen molar-refractivity contribution in [3.05, 3.63) is 41.7 Å². The van der Waals surface area contributed by atoms with Gasteiger partial charge in [-0.1, -0.05) is 18.7 Å². The number of benzene rings is 1. The molecular weight excluding hydrogens is 199 g/mol. The Morgan fingerprint density at radius 1 is 1.64 bits per heavy atom. The minimum atomic E-state index is 0.266. The highest BCUT2D eigenvalue weighted by Crippen LogP contribution is 2.23. The van der Waals surface area contributed by atoms with Crippen molar-refractivity contribution in [3.8, 4) is 0 Å². The van der Waals surface area contributed by atoms with Crippen LogP contribution < -0.4 is 11.1 Å². The molecule has 4 heteroatoms. The van der Waals surface area contributed by atoms with Gasteiger partial charge in [-0.15, -0.1) is 0 Å². The van der Waals surface area contributed by atoms with E-state index in [2.05, 4.69) is 11.9 Å². The summed E-state index contributed by atoms with van der Waals surface area (Å²) >= 11 is 0.266. The molecule has 1 aromatic rings. The SMILES string of the molecule is C=C(N)NCc1ccc(SF)c(C)c1. The average Bonchev–Trinajstić information content (AvgIpc) is 2.15. The molecule has 0 aliphatic carbocycles. The van der Waals surface area contributed by atoms with E-state index in [1.807, 2.05) is 19.1 Å². The van der Waals surface area contributed by atoms with Gasteiger partial charge in [0.05, 0.1) is 18.0 Å². The molecule has 14 heavy (non-hydrogen) atoms. The van der Waals surface area contributed by atoms with Gasteiger partial charge >= 0.3 is 0 Å². The maximum absolute atomic E-state index is 12.3. The zero-order chi connectivity index (χ0) is 10.6. The quantitative estimate of drug-likeness (QED) is 0.805. The Bertz CT molecular complexity index is 339. The molecule has 76 valence electrons. The Labute approximate surface area is 87.7 Å². The van der Waals surface area contributed by atoms with Crippen LogP contribution in [0.5, 0.6) is 0 Å². The molecule has 0 fully saturated rings. The average molecular weight is 212 g/mol. The Morgan fingerprint density at radius 2 is 2.36 bits per heavy atom. The van der Waals surface area contributed by atoms with Gasteiger partial charge in [0.15, 0.2) is 0 Å². The van der Waals surface area contributed by atoms with Crippen molar-refractivity contribution in [2.45, 2.75) is 18.4 Å². The van der Waals surface area contributed by atoms with Crippen molar-refractivity contribution in [1.82, 2.24) is 5.32 Å². The van der Waals surface area contributed by atoms with Crippen LogP contribution in [0.1, 0.15) is 11.1 Å². The standard InChI is InChI=1S/C10H13FN2S/c1-7-5-9(6-13-8(2)12)3-4-10(7)14-11/h3-5,13H,2,6,12H2,1H3. The molecule has 0 aromatic heterocycles. The zero-order valence-corrected chi connectivity index (χ0v) is 8.83. The van der Waals surface area contributed by atoms with Crippen LogP contribution in [0.25, 0.3) is 0 Å². The minimum absolute atomic E-state index is 0.266. The van der Waals surface area contributed by atoms with Gasteiger partial charge in [-0.25, -0.2) is 0 Å². The number of hydrogen-bond acceptors (Lipinski definition) is 3. The van der Waals surface area contributed by atoms with Crippen molar-refractivity contribution in [3.63, 3.8) is 0 Å². The summed E-state index contributed by atoms with van der Waals surface area (Å²) in [5.41, 5.74) is 7.36. The predicted octanol–water partition coefficient (Wildman–Crippen LogP) is 2.49. The lowest BCUT2D eigenvalue weighted by Crippen LogP contribution is -2.18. The van der Waals surface area contributed by atoms with Gasteiger partial charge < -0.3 is 11.1 Å². The fourth-order valence-electron chi connectivity index (χ4n) is 1.12. The van der Waals surface area contributed by atoms with E-state index in [9.17, 15) is 3.89 Å². The number of nitrogens with one attached hydrogen (secondary N) is 1. The molecule has 0 radical (unpaired) electrons. The van der Waals surface area contributed by atoms with Gasteiger partial charge in [0.25, 0.3) is 0 Å². The fraction of sp³-hybridized carbons (Fsp3) is 0.200. The number of aryl methyl sites for hydroxylation is 1. The smallest absolute Gasteiger partial charge is 0.0888 e. The largest absolute Gasteiger partial charge is 0.386 e. The van der Waals surface area contributed by atoms with E-state index < -0.39 is 0 Å². The molecule has 0 atom stereocenters. The third-order valence-corrected chi connectivity index (χ3v) is 2.47. The molecule has 0 bridgehead atoms. The van der Waals surface area contributed by atoms with E-state index in [4.69, 9.17) is 5.73 Å². The Hall–Kier alpha value is -1.16. The molecule has 0 heterocycles. The molecule has 0 saturated carbocycles. The highest BCUT2D eigenvalue weighted by Gasteiger charge is 2.00. The third-order valence-electron chi connectivity index (χ3n) is 1.84. The number of rotatable bonds is 4. The summed E-state index contributed by atoms with van der Waals surface area (Å²) in [5, 5.41) is 2.91. The van der Waals surface area contributed by atoms with E-state index in [1.165, 1.54) is 0 Å². The minimum Gasteiger partial charge on any atom is -0.386 e. The second-order valence-corrected chi connectivity index (χ2v) is 3.65. The second-order valence-electron chi connectivity index (χ2n) is 3.06. The van der Waals surface area contributed by atoms with Crippen LogP contribution in [0.4, 0.5) is 3.89 Å². The molecule has 3 N–H and O–H groups in total. The Kier molecular flexibility index (Phi) is 3.83. The molecule has 0 unspecified atom stereocenters. The lowest BCUT2D eigenvalue weighted by molar-refractivity contribution is 0.801.